The molecule has 0 aromatic heterocycles. The molecule has 0 heterocycles. The fourth-order valence-corrected chi connectivity index (χ4v) is 2.27. The molecule has 1 unspecified atom stereocenters. The second kappa shape index (κ2) is 9.20. The standard InChI is InChI=1S/C18H26N2O/c1-5-20(6-2)17(15(3)4)13-10-14-19-18(21)16-11-8-7-9-12-16/h7-9,11-12,15,17H,5-6,14H2,1-4H3,(H,19,21). The summed E-state index contributed by atoms with van der Waals surface area (Å²) in [5.41, 5.74) is 0.670. The third-order valence-electron chi connectivity index (χ3n) is 3.46. The molecule has 0 bridgehead atoms. The van der Waals surface area contributed by atoms with Crippen molar-refractivity contribution in [3.05, 3.63) is 35.9 Å². The van der Waals surface area contributed by atoms with Crippen LogP contribution in [0.2, 0.25) is 0 Å². The van der Waals surface area contributed by atoms with Crippen LogP contribution in [-0.2, 0) is 0 Å². The first-order valence-corrected chi connectivity index (χ1v) is 7.65. The minimum absolute atomic E-state index is 0.0752. The molecule has 0 aliphatic carbocycles. The second-order valence-electron chi connectivity index (χ2n) is 5.28. The summed E-state index contributed by atoms with van der Waals surface area (Å²) in [4.78, 5) is 14.2. The Bertz CT molecular complexity index is 481. The highest BCUT2D eigenvalue weighted by molar-refractivity contribution is 5.94. The zero-order valence-electron chi connectivity index (χ0n) is 13.5. The van der Waals surface area contributed by atoms with Crippen LogP contribution in [0.5, 0.6) is 0 Å². The predicted molar refractivity (Wildman–Crippen MR) is 88.1 cm³/mol. The van der Waals surface area contributed by atoms with Crippen LogP contribution < -0.4 is 5.32 Å². The molecule has 3 nitrogen and oxygen atoms in total. The van der Waals surface area contributed by atoms with E-state index in [4.69, 9.17) is 0 Å². The van der Waals surface area contributed by atoms with Gasteiger partial charge in [0.15, 0.2) is 0 Å². The number of carbonyl (C=O) groups excluding carboxylic acids is 1. The molecule has 0 aliphatic rings. The van der Waals surface area contributed by atoms with Crippen LogP contribution in [0.25, 0.3) is 0 Å². The second-order valence-corrected chi connectivity index (χ2v) is 5.28. The van der Waals surface area contributed by atoms with Crippen LogP contribution in [0, 0.1) is 17.8 Å². The molecule has 0 fully saturated rings. The Morgan fingerprint density at radius 3 is 2.33 bits per heavy atom. The van der Waals surface area contributed by atoms with Crippen molar-refractivity contribution < 1.29 is 4.79 Å². The molecular formula is C18H26N2O. The van der Waals surface area contributed by atoms with E-state index < -0.39 is 0 Å². The minimum atomic E-state index is -0.0752. The SMILES string of the molecule is CCN(CC)C(C#CCNC(=O)c1ccccc1)C(C)C. The maximum absolute atomic E-state index is 11.9. The van der Waals surface area contributed by atoms with Gasteiger partial charge in [-0.15, -0.1) is 0 Å². The molecule has 0 aliphatic heterocycles. The molecule has 1 rings (SSSR count). The van der Waals surface area contributed by atoms with E-state index in [1.54, 1.807) is 12.1 Å². The van der Waals surface area contributed by atoms with Gasteiger partial charge in [0.1, 0.15) is 0 Å². The molecule has 21 heavy (non-hydrogen) atoms. The van der Waals surface area contributed by atoms with Crippen molar-refractivity contribution in [3.8, 4) is 11.8 Å². The van der Waals surface area contributed by atoms with Crippen LogP contribution in [-0.4, -0.2) is 36.5 Å². The van der Waals surface area contributed by atoms with E-state index in [1.165, 1.54) is 0 Å². The number of hydrogen-bond donors (Lipinski definition) is 1. The van der Waals surface area contributed by atoms with E-state index in [0.717, 1.165) is 13.1 Å². The number of nitrogens with one attached hydrogen (secondary N) is 1. The Balaban J connectivity index is 2.56. The minimum Gasteiger partial charge on any atom is -0.341 e. The predicted octanol–water partition coefficient (Wildman–Crippen LogP) is 2.79. The van der Waals surface area contributed by atoms with Crippen LogP contribution in [0.1, 0.15) is 38.1 Å². The highest BCUT2D eigenvalue weighted by Crippen LogP contribution is 2.09. The van der Waals surface area contributed by atoms with E-state index in [1.807, 2.05) is 18.2 Å². The van der Waals surface area contributed by atoms with E-state index in [-0.39, 0.29) is 11.9 Å². The first kappa shape index (κ1) is 17.3. The van der Waals surface area contributed by atoms with Gasteiger partial charge in [0.05, 0.1) is 12.6 Å². The van der Waals surface area contributed by atoms with Crippen molar-refractivity contribution >= 4 is 5.91 Å². The van der Waals surface area contributed by atoms with Crippen LogP contribution in [0.4, 0.5) is 0 Å². The van der Waals surface area contributed by atoms with Crippen molar-refractivity contribution in [1.29, 1.82) is 0 Å². The Labute approximate surface area is 128 Å². The Morgan fingerprint density at radius 1 is 1.19 bits per heavy atom. The average Bonchev–Trinajstić information content (AvgIpc) is 2.50. The molecule has 0 saturated carbocycles. The number of amides is 1. The van der Waals surface area contributed by atoms with Gasteiger partial charge in [-0.3, -0.25) is 9.69 Å². The number of benzene rings is 1. The van der Waals surface area contributed by atoms with Gasteiger partial charge >= 0.3 is 0 Å². The van der Waals surface area contributed by atoms with Crippen molar-refractivity contribution in [3.63, 3.8) is 0 Å². The lowest BCUT2D eigenvalue weighted by molar-refractivity contribution is 0.0958. The number of rotatable bonds is 6. The number of carbonyl (C=O) groups is 1. The van der Waals surface area contributed by atoms with Crippen molar-refractivity contribution in [1.82, 2.24) is 10.2 Å². The molecule has 3 heteroatoms. The normalized spacial score (nSPS) is 11.9. The zero-order chi connectivity index (χ0) is 15.7. The lowest BCUT2D eigenvalue weighted by Crippen LogP contribution is -2.37. The fraction of sp³-hybridized carbons (Fsp3) is 0.500. The molecule has 1 atom stereocenters. The van der Waals surface area contributed by atoms with Crippen molar-refractivity contribution in [2.45, 2.75) is 33.7 Å². The maximum Gasteiger partial charge on any atom is 0.252 e. The summed E-state index contributed by atoms with van der Waals surface area (Å²) < 4.78 is 0. The monoisotopic (exact) mass is 286 g/mol. The van der Waals surface area contributed by atoms with Gasteiger partial charge in [0, 0.05) is 5.56 Å². The topological polar surface area (TPSA) is 32.3 Å². The molecule has 0 spiro atoms. The molecule has 1 aromatic rings. The maximum atomic E-state index is 11.9. The third kappa shape index (κ3) is 5.61. The molecule has 1 aromatic carbocycles. The van der Waals surface area contributed by atoms with Crippen molar-refractivity contribution in [2.24, 2.45) is 5.92 Å². The van der Waals surface area contributed by atoms with Gasteiger partial charge in [-0.2, -0.15) is 0 Å². The van der Waals surface area contributed by atoms with Gasteiger partial charge < -0.3 is 5.32 Å². The summed E-state index contributed by atoms with van der Waals surface area (Å²) in [6.07, 6.45) is 0. The van der Waals surface area contributed by atoms with E-state index in [0.29, 0.717) is 18.0 Å². The summed E-state index contributed by atoms with van der Waals surface area (Å²) in [7, 11) is 0. The van der Waals surface area contributed by atoms with Crippen LogP contribution in [0.3, 0.4) is 0 Å². The highest BCUT2D eigenvalue weighted by atomic mass is 16.1. The Morgan fingerprint density at radius 2 is 1.81 bits per heavy atom. The Hall–Kier alpha value is -1.79. The van der Waals surface area contributed by atoms with Gasteiger partial charge in [0.2, 0.25) is 0 Å². The van der Waals surface area contributed by atoms with Gasteiger partial charge in [-0.25, -0.2) is 0 Å². The average molecular weight is 286 g/mol. The van der Waals surface area contributed by atoms with Gasteiger partial charge in [0.25, 0.3) is 5.91 Å². The fourth-order valence-electron chi connectivity index (χ4n) is 2.27. The largest absolute Gasteiger partial charge is 0.341 e. The van der Waals surface area contributed by atoms with Gasteiger partial charge in [-0.1, -0.05) is 57.7 Å². The number of hydrogen-bond acceptors (Lipinski definition) is 2. The van der Waals surface area contributed by atoms with Crippen LogP contribution >= 0.6 is 0 Å². The first-order valence-electron chi connectivity index (χ1n) is 7.65. The number of nitrogens with zero attached hydrogens (tertiary/aromatic N) is 1. The lowest BCUT2D eigenvalue weighted by atomic mass is 10.0. The summed E-state index contributed by atoms with van der Waals surface area (Å²) in [6.45, 7) is 11.0. The quantitative estimate of drug-likeness (QED) is 0.816. The van der Waals surface area contributed by atoms with Crippen molar-refractivity contribution in [2.75, 3.05) is 19.6 Å². The molecular weight excluding hydrogens is 260 g/mol. The van der Waals surface area contributed by atoms with E-state index in [9.17, 15) is 4.79 Å². The zero-order valence-corrected chi connectivity index (χ0v) is 13.5. The molecule has 0 radical (unpaired) electrons. The molecule has 114 valence electrons. The molecule has 1 N–H and O–H groups in total. The highest BCUT2D eigenvalue weighted by Gasteiger charge is 2.16. The first-order chi connectivity index (χ1) is 10.1. The Kier molecular flexibility index (Phi) is 7.56. The lowest BCUT2D eigenvalue weighted by Gasteiger charge is -2.28. The smallest absolute Gasteiger partial charge is 0.252 e. The summed E-state index contributed by atoms with van der Waals surface area (Å²) in [5, 5.41) is 2.84. The van der Waals surface area contributed by atoms with Crippen LogP contribution in [0.15, 0.2) is 30.3 Å². The van der Waals surface area contributed by atoms with E-state index in [2.05, 4.69) is 49.8 Å². The third-order valence-corrected chi connectivity index (χ3v) is 3.46. The molecule has 1 amide bonds. The van der Waals surface area contributed by atoms with E-state index >= 15 is 0 Å². The molecule has 0 saturated heterocycles. The summed E-state index contributed by atoms with van der Waals surface area (Å²) >= 11 is 0. The summed E-state index contributed by atoms with van der Waals surface area (Å²) in [6, 6.07) is 9.46. The van der Waals surface area contributed by atoms with Gasteiger partial charge in [-0.05, 0) is 31.1 Å². The summed E-state index contributed by atoms with van der Waals surface area (Å²) in [5.74, 6) is 6.78.